The van der Waals surface area contributed by atoms with Gasteiger partial charge in [-0.25, -0.2) is 19.9 Å². The highest BCUT2D eigenvalue weighted by Crippen LogP contribution is 2.36. The summed E-state index contributed by atoms with van der Waals surface area (Å²) in [5, 5.41) is 1.03. The van der Waals surface area contributed by atoms with Crippen LogP contribution in [0.15, 0.2) is 188 Å². The number of para-hydroxylation sites is 1. The van der Waals surface area contributed by atoms with Gasteiger partial charge in [0.05, 0.1) is 28.1 Å². The van der Waals surface area contributed by atoms with E-state index in [1.165, 1.54) is 11.1 Å². The van der Waals surface area contributed by atoms with Gasteiger partial charge in [0.2, 0.25) is 0 Å². The zero-order valence-corrected chi connectivity index (χ0v) is 28.6. The first kappa shape index (κ1) is 30.6. The molecule has 5 heteroatoms. The lowest BCUT2D eigenvalue weighted by atomic mass is 10.00. The molecule has 53 heavy (non-hydrogen) atoms. The number of benzene rings is 6. The van der Waals surface area contributed by atoms with Crippen LogP contribution in [0.25, 0.3) is 95.0 Å². The van der Waals surface area contributed by atoms with Gasteiger partial charge in [0.25, 0.3) is 0 Å². The fourth-order valence-electron chi connectivity index (χ4n) is 7.16. The Kier molecular flexibility index (Phi) is 7.40. The quantitative estimate of drug-likeness (QED) is 0.176. The van der Waals surface area contributed by atoms with Gasteiger partial charge in [-0.05, 0) is 52.6 Å². The molecule has 0 unspecified atom stereocenters. The Morgan fingerprint density at radius 1 is 0.358 bits per heavy atom. The summed E-state index contributed by atoms with van der Waals surface area (Å²) in [6.45, 7) is 0. The van der Waals surface area contributed by atoms with Crippen molar-refractivity contribution in [1.29, 1.82) is 0 Å². The lowest BCUT2D eigenvalue weighted by Crippen LogP contribution is -1.97. The third kappa shape index (κ3) is 5.61. The van der Waals surface area contributed by atoms with E-state index in [1.54, 1.807) is 0 Å². The highest BCUT2D eigenvalue weighted by Gasteiger charge is 2.18. The van der Waals surface area contributed by atoms with Crippen LogP contribution < -0.4 is 0 Å². The van der Waals surface area contributed by atoms with Crippen LogP contribution in [0.2, 0.25) is 0 Å². The van der Waals surface area contributed by atoms with Gasteiger partial charge in [-0.2, -0.15) is 0 Å². The molecule has 0 saturated carbocycles. The van der Waals surface area contributed by atoms with E-state index in [1.807, 2.05) is 42.5 Å². The first-order valence-corrected chi connectivity index (χ1v) is 17.7. The second kappa shape index (κ2) is 12.8. The summed E-state index contributed by atoms with van der Waals surface area (Å²) in [6, 6.07) is 62.9. The topological polar surface area (TPSA) is 56.0 Å². The Balaban J connectivity index is 1.12. The molecule has 6 aromatic carbocycles. The molecule has 0 aliphatic heterocycles. The maximum atomic E-state index is 5.23. The number of rotatable bonds is 6. The Bertz CT molecular complexity index is 2810. The van der Waals surface area contributed by atoms with E-state index in [0.29, 0.717) is 5.82 Å². The van der Waals surface area contributed by atoms with Gasteiger partial charge in [-0.15, -0.1) is 0 Å². The molecule has 0 spiro atoms. The van der Waals surface area contributed by atoms with E-state index in [9.17, 15) is 0 Å². The van der Waals surface area contributed by atoms with Gasteiger partial charge in [0, 0.05) is 33.8 Å². The van der Waals surface area contributed by atoms with Crippen LogP contribution >= 0.6 is 0 Å². The van der Waals surface area contributed by atoms with Crippen LogP contribution in [-0.2, 0) is 0 Å². The largest absolute Gasteiger partial charge is 0.298 e. The van der Waals surface area contributed by atoms with Gasteiger partial charge >= 0.3 is 0 Å². The lowest BCUT2D eigenvalue weighted by molar-refractivity contribution is 1.18. The first-order chi connectivity index (χ1) is 26.2. The van der Waals surface area contributed by atoms with Crippen LogP contribution in [0.4, 0.5) is 0 Å². The summed E-state index contributed by atoms with van der Waals surface area (Å²) in [4.78, 5) is 20.7. The number of imidazole rings is 1. The summed E-state index contributed by atoms with van der Waals surface area (Å²) in [6.07, 6.45) is 2.06. The molecule has 5 nitrogen and oxygen atoms in total. The van der Waals surface area contributed by atoms with Crippen LogP contribution in [0, 0.1) is 0 Å². The van der Waals surface area contributed by atoms with Crippen molar-refractivity contribution in [2.24, 2.45) is 0 Å². The van der Waals surface area contributed by atoms with Gasteiger partial charge in [0.15, 0.2) is 5.82 Å². The monoisotopic (exact) mass is 677 g/mol. The maximum absolute atomic E-state index is 5.23. The van der Waals surface area contributed by atoms with Crippen LogP contribution in [0.1, 0.15) is 0 Å². The molecule has 10 aromatic rings. The predicted molar refractivity (Wildman–Crippen MR) is 216 cm³/mol. The van der Waals surface area contributed by atoms with E-state index in [4.69, 9.17) is 19.9 Å². The smallest absolute Gasteiger partial charge is 0.160 e. The highest BCUT2D eigenvalue weighted by molar-refractivity contribution is 6.09. The zero-order valence-electron chi connectivity index (χ0n) is 28.6. The molecule has 0 bridgehead atoms. The van der Waals surface area contributed by atoms with E-state index >= 15 is 0 Å². The molecule has 0 saturated heterocycles. The van der Waals surface area contributed by atoms with E-state index in [2.05, 4.69) is 150 Å². The summed E-state index contributed by atoms with van der Waals surface area (Å²) in [7, 11) is 0. The van der Waals surface area contributed by atoms with Crippen LogP contribution in [-0.4, -0.2) is 24.3 Å². The minimum atomic E-state index is 0.647. The van der Waals surface area contributed by atoms with Crippen molar-refractivity contribution in [3.8, 4) is 67.4 Å². The van der Waals surface area contributed by atoms with Gasteiger partial charge < -0.3 is 0 Å². The van der Waals surface area contributed by atoms with Crippen molar-refractivity contribution < 1.29 is 0 Å². The molecule has 4 heterocycles. The Morgan fingerprint density at radius 2 is 0.887 bits per heavy atom. The second-order valence-electron chi connectivity index (χ2n) is 13.1. The third-order valence-electron chi connectivity index (χ3n) is 9.84. The average molecular weight is 678 g/mol. The Morgan fingerprint density at radius 3 is 1.55 bits per heavy atom. The summed E-state index contributed by atoms with van der Waals surface area (Å²) < 4.78 is 2.13. The van der Waals surface area contributed by atoms with Gasteiger partial charge in [0.1, 0.15) is 11.2 Å². The molecular weight excluding hydrogens is 647 g/mol. The number of hydrogen-bond donors (Lipinski definition) is 0. The fourth-order valence-corrected chi connectivity index (χ4v) is 7.16. The number of pyridine rings is 2. The van der Waals surface area contributed by atoms with Crippen molar-refractivity contribution >= 4 is 27.6 Å². The minimum Gasteiger partial charge on any atom is -0.298 e. The lowest BCUT2D eigenvalue weighted by Gasteiger charge is -2.12. The highest BCUT2D eigenvalue weighted by atomic mass is 15.0. The molecule has 0 N–H and O–H groups in total. The van der Waals surface area contributed by atoms with Crippen molar-refractivity contribution in [3.63, 3.8) is 0 Å². The van der Waals surface area contributed by atoms with Gasteiger partial charge in [-0.1, -0.05) is 152 Å². The summed E-state index contributed by atoms with van der Waals surface area (Å²) in [5.41, 5.74) is 14.9. The molecule has 0 fully saturated rings. The van der Waals surface area contributed by atoms with Crippen molar-refractivity contribution in [1.82, 2.24) is 24.3 Å². The molecule has 248 valence electrons. The van der Waals surface area contributed by atoms with Crippen LogP contribution in [0.3, 0.4) is 0 Å². The second-order valence-corrected chi connectivity index (χ2v) is 13.1. The zero-order chi connectivity index (χ0) is 35.1. The number of nitrogens with zero attached hydrogens (tertiary/aromatic N) is 5. The first-order valence-electron chi connectivity index (χ1n) is 17.7. The van der Waals surface area contributed by atoms with Crippen molar-refractivity contribution in [3.05, 3.63) is 188 Å². The molecule has 0 aliphatic rings. The maximum Gasteiger partial charge on any atom is 0.160 e. The minimum absolute atomic E-state index is 0.647. The average Bonchev–Trinajstić information content (AvgIpc) is 3.64. The predicted octanol–water partition coefficient (Wildman–Crippen LogP) is 11.8. The van der Waals surface area contributed by atoms with Gasteiger partial charge in [-0.3, -0.25) is 4.40 Å². The number of fused-ring (bicyclic) bond motifs is 5. The normalized spacial score (nSPS) is 11.4. The molecule has 10 rings (SSSR count). The van der Waals surface area contributed by atoms with E-state index in [-0.39, 0.29) is 0 Å². The number of aromatic nitrogens is 5. The molecule has 0 aliphatic carbocycles. The summed E-state index contributed by atoms with van der Waals surface area (Å²) in [5.74, 6) is 0.647. The molecule has 4 aromatic heterocycles. The molecule has 0 amide bonds. The number of hydrogen-bond acceptors (Lipinski definition) is 4. The van der Waals surface area contributed by atoms with E-state index < -0.39 is 0 Å². The van der Waals surface area contributed by atoms with E-state index in [0.717, 1.165) is 78.0 Å². The SMILES string of the molecule is c1ccc(-c2ccc(-c3cc(-c4ccc(-c5ccccc5)cc4)nc(-c4cccc(-c5nc6ccccc6c6nc7ccccn7c56)c4)n3)cc2)cc1. The molecule has 0 atom stereocenters. The standard InChI is InChI=1S/C48H31N5/c1-3-12-32(13-4-1)34-21-25-36(26-22-34)42-31-43(37-27-23-35(24-28-37)33-14-5-2-6-15-33)51-48(50-42)39-17-11-16-38(30-39)45-47-46(40-18-7-8-19-41(40)49-45)52-44-20-9-10-29-53(44)47/h1-31H. The third-order valence-corrected chi connectivity index (χ3v) is 9.84. The van der Waals surface area contributed by atoms with Crippen molar-refractivity contribution in [2.45, 2.75) is 0 Å². The Labute approximate surface area is 306 Å². The Hall–Kier alpha value is -7.24. The molecule has 0 radical (unpaired) electrons. The van der Waals surface area contributed by atoms with Crippen LogP contribution in [0.5, 0.6) is 0 Å². The fraction of sp³-hybridized carbons (Fsp3) is 0. The van der Waals surface area contributed by atoms with Crippen molar-refractivity contribution in [2.75, 3.05) is 0 Å². The molecular formula is C48H31N5. The summed E-state index contributed by atoms with van der Waals surface area (Å²) >= 11 is 0.